The van der Waals surface area contributed by atoms with Gasteiger partial charge in [-0.25, -0.2) is 0 Å². The maximum absolute atomic E-state index is 10.1. The van der Waals surface area contributed by atoms with Gasteiger partial charge in [0.15, 0.2) is 0 Å². The van der Waals surface area contributed by atoms with Gasteiger partial charge in [0.05, 0.1) is 12.2 Å². The van der Waals surface area contributed by atoms with Gasteiger partial charge in [-0.05, 0) is 49.7 Å². The highest BCUT2D eigenvalue weighted by Gasteiger charge is 2.19. The normalized spacial score (nSPS) is 19.3. The van der Waals surface area contributed by atoms with E-state index in [-0.39, 0.29) is 12.2 Å². The monoisotopic (exact) mass is 248 g/mol. The molecule has 100 valence electrons. The minimum Gasteiger partial charge on any atom is -0.388 e. The molecule has 1 N–H and O–H groups in total. The first kappa shape index (κ1) is 13.6. The van der Waals surface area contributed by atoms with Crippen molar-refractivity contribution in [2.24, 2.45) is 0 Å². The van der Waals surface area contributed by atoms with Gasteiger partial charge in [-0.2, -0.15) is 0 Å². The van der Waals surface area contributed by atoms with Gasteiger partial charge in [-0.15, -0.1) is 0 Å². The molecular weight excluding hydrogens is 224 g/mol. The Hall–Kier alpha value is -0.860. The van der Waals surface area contributed by atoms with E-state index in [0.29, 0.717) is 0 Å². The van der Waals surface area contributed by atoms with Gasteiger partial charge < -0.3 is 9.84 Å². The fourth-order valence-electron chi connectivity index (χ4n) is 2.41. The summed E-state index contributed by atoms with van der Waals surface area (Å²) in [6, 6.07) is 8.52. The molecule has 1 fully saturated rings. The van der Waals surface area contributed by atoms with Crippen molar-refractivity contribution in [3.05, 3.63) is 35.4 Å². The average Bonchev–Trinajstić information content (AvgIpc) is 2.34. The maximum Gasteiger partial charge on any atom is 0.0791 e. The van der Waals surface area contributed by atoms with Crippen molar-refractivity contribution >= 4 is 0 Å². The maximum atomic E-state index is 10.1. The molecule has 1 aromatic carbocycles. The van der Waals surface area contributed by atoms with Crippen LogP contribution in [-0.4, -0.2) is 18.3 Å². The van der Waals surface area contributed by atoms with E-state index in [2.05, 4.69) is 24.3 Å². The molecule has 0 aromatic heterocycles. The van der Waals surface area contributed by atoms with Gasteiger partial charge >= 0.3 is 0 Å². The molecule has 2 nitrogen and oxygen atoms in total. The topological polar surface area (TPSA) is 29.5 Å². The first-order valence-corrected chi connectivity index (χ1v) is 7.01. The van der Waals surface area contributed by atoms with Crippen molar-refractivity contribution in [1.82, 2.24) is 0 Å². The lowest BCUT2D eigenvalue weighted by Crippen LogP contribution is -2.09. The number of rotatable bonds is 6. The highest BCUT2D eigenvalue weighted by atomic mass is 16.5. The van der Waals surface area contributed by atoms with Crippen LogP contribution in [0.1, 0.15) is 62.2 Å². The molecule has 2 unspecified atom stereocenters. The van der Waals surface area contributed by atoms with Crippen LogP contribution in [0.5, 0.6) is 0 Å². The SMILES string of the molecule is COC(C)CCC(O)c1ccc(C2CCC2)cc1. The third-order valence-corrected chi connectivity index (χ3v) is 4.15. The lowest BCUT2D eigenvalue weighted by atomic mass is 9.80. The van der Waals surface area contributed by atoms with Crippen molar-refractivity contribution in [3.63, 3.8) is 0 Å². The Balaban J connectivity index is 1.87. The van der Waals surface area contributed by atoms with Gasteiger partial charge in [0, 0.05) is 7.11 Å². The van der Waals surface area contributed by atoms with Crippen LogP contribution in [0.3, 0.4) is 0 Å². The number of ether oxygens (including phenoxy) is 1. The van der Waals surface area contributed by atoms with Crippen molar-refractivity contribution in [3.8, 4) is 0 Å². The van der Waals surface area contributed by atoms with Crippen LogP contribution in [0.2, 0.25) is 0 Å². The lowest BCUT2D eigenvalue weighted by Gasteiger charge is -2.26. The Bertz CT molecular complexity index is 354. The Labute approximate surface area is 110 Å². The van der Waals surface area contributed by atoms with Crippen molar-refractivity contribution < 1.29 is 9.84 Å². The van der Waals surface area contributed by atoms with Crippen LogP contribution in [0.4, 0.5) is 0 Å². The Morgan fingerprint density at radius 1 is 1.22 bits per heavy atom. The van der Waals surface area contributed by atoms with Gasteiger partial charge in [0.2, 0.25) is 0 Å². The number of hydrogen-bond donors (Lipinski definition) is 1. The molecule has 1 aromatic rings. The molecule has 1 aliphatic rings. The van der Waals surface area contributed by atoms with Gasteiger partial charge in [0.25, 0.3) is 0 Å². The summed E-state index contributed by atoms with van der Waals surface area (Å²) in [4.78, 5) is 0. The summed E-state index contributed by atoms with van der Waals surface area (Å²) in [6.07, 6.45) is 5.52. The Morgan fingerprint density at radius 2 is 1.89 bits per heavy atom. The molecule has 0 amide bonds. The minimum absolute atomic E-state index is 0.217. The van der Waals surface area contributed by atoms with E-state index in [1.165, 1.54) is 24.8 Å². The van der Waals surface area contributed by atoms with E-state index < -0.39 is 0 Å². The van der Waals surface area contributed by atoms with Crippen LogP contribution in [0.15, 0.2) is 24.3 Å². The van der Waals surface area contributed by atoms with E-state index in [0.717, 1.165) is 24.3 Å². The van der Waals surface area contributed by atoms with Crippen LogP contribution in [-0.2, 0) is 4.74 Å². The zero-order valence-electron chi connectivity index (χ0n) is 11.4. The largest absolute Gasteiger partial charge is 0.388 e. The Morgan fingerprint density at radius 3 is 2.39 bits per heavy atom. The molecule has 0 aliphatic heterocycles. The van der Waals surface area contributed by atoms with Crippen LogP contribution < -0.4 is 0 Å². The summed E-state index contributed by atoms with van der Waals surface area (Å²) in [6.45, 7) is 2.03. The Kier molecular flexibility index (Phi) is 4.79. The molecule has 1 aliphatic carbocycles. The van der Waals surface area contributed by atoms with Crippen molar-refractivity contribution in [2.75, 3.05) is 7.11 Å². The number of benzene rings is 1. The van der Waals surface area contributed by atoms with E-state index in [4.69, 9.17) is 4.74 Å². The second kappa shape index (κ2) is 6.35. The van der Waals surface area contributed by atoms with E-state index >= 15 is 0 Å². The van der Waals surface area contributed by atoms with Crippen LogP contribution in [0.25, 0.3) is 0 Å². The molecular formula is C16H24O2. The van der Waals surface area contributed by atoms with Gasteiger partial charge in [0.1, 0.15) is 0 Å². The summed E-state index contributed by atoms with van der Waals surface area (Å²) < 4.78 is 5.20. The number of aliphatic hydroxyl groups excluding tert-OH is 1. The smallest absolute Gasteiger partial charge is 0.0791 e. The predicted molar refractivity (Wildman–Crippen MR) is 73.7 cm³/mol. The van der Waals surface area contributed by atoms with Gasteiger partial charge in [-0.3, -0.25) is 0 Å². The summed E-state index contributed by atoms with van der Waals surface area (Å²) in [5, 5.41) is 10.1. The van der Waals surface area contributed by atoms with Crippen LogP contribution in [0, 0.1) is 0 Å². The number of aliphatic hydroxyl groups is 1. The lowest BCUT2D eigenvalue weighted by molar-refractivity contribution is 0.0851. The fourth-order valence-corrected chi connectivity index (χ4v) is 2.41. The first-order valence-electron chi connectivity index (χ1n) is 7.01. The fraction of sp³-hybridized carbons (Fsp3) is 0.625. The number of hydrogen-bond acceptors (Lipinski definition) is 2. The second-order valence-electron chi connectivity index (χ2n) is 5.43. The molecule has 2 atom stereocenters. The molecule has 2 rings (SSSR count). The second-order valence-corrected chi connectivity index (χ2v) is 5.43. The number of methoxy groups -OCH3 is 1. The predicted octanol–water partition coefficient (Wildman–Crippen LogP) is 3.80. The van der Waals surface area contributed by atoms with E-state index in [1.54, 1.807) is 7.11 Å². The molecule has 0 saturated heterocycles. The molecule has 0 spiro atoms. The summed E-state index contributed by atoms with van der Waals surface area (Å²) >= 11 is 0. The third kappa shape index (κ3) is 3.33. The summed E-state index contributed by atoms with van der Waals surface area (Å²) in [7, 11) is 1.71. The highest BCUT2D eigenvalue weighted by molar-refractivity contribution is 5.27. The molecule has 2 heteroatoms. The molecule has 0 radical (unpaired) electrons. The van der Waals surface area contributed by atoms with Crippen LogP contribution >= 0.6 is 0 Å². The van der Waals surface area contributed by atoms with Crippen molar-refractivity contribution in [1.29, 1.82) is 0 Å². The average molecular weight is 248 g/mol. The first-order chi connectivity index (χ1) is 8.70. The van der Waals surface area contributed by atoms with Crippen molar-refractivity contribution in [2.45, 2.75) is 57.2 Å². The highest BCUT2D eigenvalue weighted by Crippen LogP contribution is 2.36. The molecule has 1 saturated carbocycles. The zero-order valence-corrected chi connectivity index (χ0v) is 11.4. The quantitative estimate of drug-likeness (QED) is 0.829. The van der Waals surface area contributed by atoms with Gasteiger partial charge in [-0.1, -0.05) is 30.7 Å². The zero-order chi connectivity index (χ0) is 13.0. The summed E-state index contributed by atoms with van der Waals surface area (Å²) in [5.74, 6) is 0.768. The standard InChI is InChI=1S/C16H24O2/c1-12(18-2)6-11-16(17)15-9-7-14(8-10-15)13-4-3-5-13/h7-10,12-13,16-17H,3-6,11H2,1-2H3. The minimum atomic E-state index is -0.363. The molecule has 0 heterocycles. The van der Waals surface area contributed by atoms with E-state index in [1.807, 2.05) is 6.92 Å². The molecule has 0 bridgehead atoms. The van der Waals surface area contributed by atoms with E-state index in [9.17, 15) is 5.11 Å². The third-order valence-electron chi connectivity index (χ3n) is 4.15. The summed E-state index contributed by atoms with van der Waals surface area (Å²) in [5.41, 5.74) is 2.46. The molecule has 18 heavy (non-hydrogen) atoms.